The molecule has 5 rings (SSSR count). The fourth-order valence-electron chi connectivity index (χ4n) is 10.5. The molecular formula is C47H62F13NO6S2. The first-order valence-corrected chi connectivity index (χ1v) is 25.6. The van der Waals surface area contributed by atoms with Gasteiger partial charge in [0.05, 0.1) is 32.5 Å². The molecule has 0 radical (unpaired) electrons. The minimum atomic E-state index is -6.81. The second-order valence-corrected chi connectivity index (χ2v) is 21.1. The summed E-state index contributed by atoms with van der Waals surface area (Å²) in [4.78, 5) is 1.58. The Morgan fingerprint density at radius 2 is 1.39 bits per heavy atom. The van der Waals surface area contributed by atoms with Crippen molar-refractivity contribution in [1.29, 1.82) is 0 Å². The van der Waals surface area contributed by atoms with E-state index in [4.69, 9.17) is 23.7 Å². The van der Waals surface area contributed by atoms with Crippen molar-refractivity contribution in [3.63, 3.8) is 0 Å². The number of alkyl halides is 9. The normalized spacial score (nSPS) is 22.1. The smallest absolute Gasteiger partial charge is 0.435 e. The number of fused-ring (bicyclic) bond motifs is 5. The van der Waals surface area contributed by atoms with Crippen LogP contribution < -0.4 is 4.74 Å². The van der Waals surface area contributed by atoms with E-state index in [0.29, 0.717) is 83.8 Å². The Labute approximate surface area is 402 Å². The average molecular weight is 1050 g/mol. The summed E-state index contributed by atoms with van der Waals surface area (Å²) >= 11 is 0. The third-order valence-electron chi connectivity index (χ3n) is 13.8. The summed E-state index contributed by atoms with van der Waals surface area (Å²) < 4.78 is 212. The molecule has 0 aromatic heterocycles. The van der Waals surface area contributed by atoms with Crippen LogP contribution in [-0.4, -0.2) is 114 Å². The molecule has 0 aliphatic heterocycles. The van der Waals surface area contributed by atoms with E-state index >= 15 is 17.6 Å². The van der Waals surface area contributed by atoms with Gasteiger partial charge in [0.2, 0.25) is 17.4 Å². The number of aryl methyl sites for hydroxylation is 1. The molecule has 0 saturated heterocycles. The summed E-state index contributed by atoms with van der Waals surface area (Å²) in [6.07, 6.45) is -14.2. The summed E-state index contributed by atoms with van der Waals surface area (Å²) in [6, 6.07) is 4.84. The number of hydrogen-bond acceptors (Lipinski definition) is 9. The van der Waals surface area contributed by atoms with Gasteiger partial charge >= 0.3 is 24.1 Å². The molecule has 22 heteroatoms. The van der Waals surface area contributed by atoms with Crippen molar-refractivity contribution in [2.75, 3.05) is 79.0 Å². The molecule has 0 N–H and O–H groups in total. The van der Waals surface area contributed by atoms with Crippen molar-refractivity contribution in [1.82, 2.24) is 4.90 Å². The first-order valence-electron chi connectivity index (χ1n) is 23.1. The van der Waals surface area contributed by atoms with E-state index in [-0.39, 0.29) is 30.0 Å². The van der Waals surface area contributed by atoms with Gasteiger partial charge in [-0.25, -0.2) is 8.78 Å². The van der Waals surface area contributed by atoms with Crippen molar-refractivity contribution in [3.8, 4) is 11.5 Å². The Balaban J connectivity index is 1.07. The molecule has 3 aliphatic carbocycles. The molecule has 0 heterocycles. The topological polar surface area (TPSA) is 58.6 Å². The highest BCUT2D eigenvalue weighted by Crippen LogP contribution is 2.62. The van der Waals surface area contributed by atoms with Crippen molar-refractivity contribution >= 4 is 21.6 Å². The number of unbranched alkanes of at least 4 members (excludes halogenated alkanes) is 1. The van der Waals surface area contributed by atoms with Crippen molar-refractivity contribution in [3.05, 3.63) is 58.2 Å². The van der Waals surface area contributed by atoms with E-state index < -0.39 is 89.9 Å². The lowest BCUT2D eigenvalue weighted by Gasteiger charge is -2.50. The van der Waals surface area contributed by atoms with Gasteiger partial charge in [0, 0.05) is 57.0 Å². The predicted octanol–water partition coefficient (Wildman–Crippen LogP) is 13.4. The van der Waals surface area contributed by atoms with E-state index in [0.717, 1.165) is 41.9 Å². The van der Waals surface area contributed by atoms with Crippen molar-refractivity contribution < 1.29 is 85.5 Å². The molecule has 0 bridgehead atoms. The molecule has 2 aromatic rings. The maximum absolute atomic E-state index is 15.4. The highest BCUT2D eigenvalue weighted by Gasteiger charge is 2.85. The molecule has 69 heavy (non-hydrogen) atoms. The van der Waals surface area contributed by atoms with Crippen LogP contribution in [0.5, 0.6) is 11.5 Å². The second-order valence-electron chi connectivity index (χ2n) is 18.4. The number of ether oxygens (including phenoxy) is 6. The fraction of sp³-hybridized carbons (Fsp3) is 0.745. The molecule has 3 aliphatic rings. The summed E-state index contributed by atoms with van der Waals surface area (Å²) in [5, 5.41) is 0. The lowest BCUT2D eigenvalue weighted by molar-refractivity contribution is -0.457. The van der Waals surface area contributed by atoms with Crippen LogP contribution in [0.4, 0.5) is 57.1 Å². The molecule has 2 fully saturated rings. The van der Waals surface area contributed by atoms with Crippen LogP contribution in [0.1, 0.15) is 93.7 Å². The van der Waals surface area contributed by atoms with Crippen molar-refractivity contribution in [2.24, 2.45) is 23.2 Å². The number of nitrogens with zero attached hydrogens (tertiary/aromatic N) is 1. The number of benzene rings is 2. The molecule has 2 aromatic carbocycles. The van der Waals surface area contributed by atoms with Crippen LogP contribution in [0.2, 0.25) is 0 Å². The van der Waals surface area contributed by atoms with Gasteiger partial charge in [0.15, 0.2) is 11.6 Å². The number of halogens is 13. The van der Waals surface area contributed by atoms with E-state index in [1.807, 2.05) is 6.92 Å². The van der Waals surface area contributed by atoms with Gasteiger partial charge in [-0.2, -0.15) is 48.3 Å². The Bertz CT molecular complexity index is 1870. The Kier molecular flexibility index (Phi) is 21.0. The predicted molar refractivity (Wildman–Crippen MR) is 236 cm³/mol. The van der Waals surface area contributed by atoms with E-state index in [1.165, 1.54) is 6.07 Å². The highest BCUT2D eigenvalue weighted by atomic mass is 33.1. The molecule has 0 amide bonds. The maximum atomic E-state index is 15.4. The van der Waals surface area contributed by atoms with Crippen LogP contribution in [0.3, 0.4) is 0 Å². The summed E-state index contributed by atoms with van der Waals surface area (Å²) in [7, 11) is 8.26. The monoisotopic (exact) mass is 1050 g/mol. The fourth-order valence-corrected chi connectivity index (χ4v) is 12.4. The molecule has 7 nitrogen and oxygen atoms in total. The minimum Gasteiger partial charge on any atom is -0.451 e. The first-order chi connectivity index (χ1) is 32.5. The quantitative estimate of drug-likeness (QED) is 0.0377. The van der Waals surface area contributed by atoms with Gasteiger partial charge in [-0.3, -0.25) is 0 Å². The number of rotatable bonds is 27. The summed E-state index contributed by atoms with van der Waals surface area (Å²) in [5.74, 6) is -5.40. The largest absolute Gasteiger partial charge is 0.451 e. The zero-order valence-corrected chi connectivity index (χ0v) is 40.7. The van der Waals surface area contributed by atoms with Crippen LogP contribution in [0, 0.1) is 46.4 Å². The number of hydrogen-bond donors (Lipinski definition) is 0. The van der Waals surface area contributed by atoms with Crippen LogP contribution in [0.15, 0.2) is 18.2 Å². The molecule has 2 saturated carbocycles. The standard InChI is InChI=1S/C47H62F13NO6S2/c1-43-17-16-33-32-13-11-31(25-30(32)10-12-34(33)36(43)14-15-37(43)65-20-8-21-66-44(45(52,53)54,46(55,56)57)47(58,59)60)67-42-40(50)38(48)35(39(49)41(42)51)26-61(2)18-7-23-68-69-24-22-64-19-6-5-9-29(27-62-3)28-63-4/h11,13,25,29,33-34,36-37H,5-10,12,14-24,26-28H2,1-4H3. The van der Waals surface area contributed by atoms with Gasteiger partial charge in [-0.1, -0.05) is 41.0 Å². The highest BCUT2D eigenvalue weighted by molar-refractivity contribution is 8.76. The van der Waals surface area contributed by atoms with E-state index in [1.54, 1.807) is 59.9 Å². The Hall–Kier alpha value is -2.21. The zero-order chi connectivity index (χ0) is 50.8. The second kappa shape index (κ2) is 25.1. The number of methoxy groups -OCH3 is 2. The van der Waals surface area contributed by atoms with Gasteiger partial charge in [0.25, 0.3) is 0 Å². The lowest BCUT2D eigenvalue weighted by atomic mass is 9.55. The molecular weight excluding hydrogens is 986 g/mol. The van der Waals surface area contributed by atoms with Gasteiger partial charge in [0.1, 0.15) is 5.75 Å². The Morgan fingerprint density at radius 1 is 0.739 bits per heavy atom. The van der Waals surface area contributed by atoms with Crippen LogP contribution in [0.25, 0.3) is 0 Å². The lowest BCUT2D eigenvalue weighted by Crippen LogP contribution is -2.67. The minimum absolute atomic E-state index is 0.0161. The molecule has 5 atom stereocenters. The van der Waals surface area contributed by atoms with E-state index in [9.17, 15) is 39.5 Å². The zero-order valence-electron chi connectivity index (χ0n) is 39.1. The maximum Gasteiger partial charge on any atom is 0.435 e. The van der Waals surface area contributed by atoms with Crippen LogP contribution >= 0.6 is 21.6 Å². The third-order valence-corrected chi connectivity index (χ3v) is 16.3. The molecule has 394 valence electrons. The SMILES string of the molecule is COCC(CCCCOCCSSCCCN(C)Cc1c(F)c(F)c(Oc2ccc3c(c2)CCC2C3CCC3(C)C(OCCCOC(C(F)(F)F)(C(F)(F)F)C(F)(F)F)CCC23)c(F)c1F)COC. The van der Waals surface area contributed by atoms with Crippen molar-refractivity contribution in [2.45, 2.75) is 120 Å². The summed E-state index contributed by atoms with van der Waals surface area (Å²) in [5.41, 5.74) is -5.71. The van der Waals surface area contributed by atoms with E-state index in [2.05, 4.69) is 4.74 Å². The first kappa shape index (κ1) is 57.7. The van der Waals surface area contributed by atoms with Gasteiger partial charge in [-0.05, 0) is 124 Å². The van der Waals surface area contributed by atoms with Gasteiger partial charge in [-0.15, -0.1) is 0 Å². The molecule has 5 unspecified atom stereocenters. The third kappa shape index (κ3) is 13.7. The average Bonchev–Trinajstić information content (AvgIpc) is 3.61. The Morgan fingerprint density at radius 3 is 2.03 bits per heavy atom. The van der Waals surface area contributed by atoms with Crippen LogP contribution in [-0.2, 0) is 36.6 Å². The van der Waals surface area contributed by atoms with Gasteiger partial charge < -0.3 is 33.3 Å². The summed E-state index contributed by atoms with van der Waals surface area (Å²) in [6.45, 7) is 2.75. The molecule has 0 spiro atoms.